The van der Waals surface area contributed by atoms with Gasteiger partial charge in [-0.1, -0.05) is 37.3 Å². The molecule has 2 amide bonds. The highest BCUT2D eigenvalue weighted by Crippen LogP contribution is 2.03. The quantitative estimate of drug-likeness (QED) is 0.681. The molecule has 20 heavy (non-hydrogen) atoms. The zero-order valence-electron chi connectivity index (χ0n) is 11.8. The number of rotatable bonds is 8. The Bertz CT molecular complexity index is 420. The Morgan fingerprint density at radius 1 is 1.20 bits per heavy atom. The molecule has 5 heteroatoms. The summed E-state index contributed by atoms with van der Waals surface area (Å²) in [5.74, 6) is -0.643. The number of hydrogen-bond acceptors (Lipinski definition) is 2. The topological polar surface area (TPSA) is 78.4 Å². The highest BCUT2D eigenvalue weighted by atomic mass is 16.4. The monoisotopic (exact) mass is 278 g/mol. The van der Waals surface area contributed by atoms with Gasteiger partial charge in [0.15, 0.2) is 0 Å². The summed E-state index contributed by atoms with van der Waals surface area (Å²) >= 11 is 0. The van der Waals surface area contributed by atoms with Crippen molar-refractivity contribution in [2.45, 2.75) is 26.2 Å². The first-order valence-electron chi connectivity index (χ1n) is 6.85. The minimum absolute atomic E-state index is 0.137. The third kappa shape index (κ3) is 7.41. The smallest absolute Gasteiger partial charge is 0.314 e. The lowest BCUT2D eigenvalue weighted by Crippen LogP contribution is -2.38. The van der Waals surface area contributed by atoms with Crippen molar-refractivity contribution in [2.75, 3.05) is 13.1 Å². The summed E-state index contributed by atoms with van der Waals surface area (Å²) in [5, 5.41) is 14.1. The summed E-state index contributed by atoms with van der Waals surface area (Å²) in [6, 6.07) is 9.74. The number of benzene rings is 1. The number of nitrogens with one attached hydrogen (secondary N) is 2. The number of carboxylic acids is 1. The van der Waals surface area contributed by atoms with E-state index in [1.165, 1.54) is 5.56 Å². The van der Waals surface area contributed by atoms with Gasteiger partial charge >= 0.3 is 12.0 Å². The fourth-order valence-corrected chi connectivity index (χ4v) is 1.77. The van der Waals surface area contributed by atoms with Crippen LogP contribution in [-0.4, -0.2) is 30.2 Å². The molecule has 0 spiro atoms. The van der Waals surface area contributed by atoms with Gasteiger partial charge in [-0.15, -0.1) is 0 Å². The summed E-state index contributed by atoms with van der Waals surface area (Å²) in [6.07, 6.45) is 1.50. The Kier molecular flexibility index (Phi) is 7.17. The molecule has 0 aliphatic carbocycles. The van der Waals surface area contributed by atoms with Crippen molar-refractivity contribution in [1.82, 2.24) is 10.6 Å². The molecule has 0 aliphatic rings. The molecular formula is C15H22N2O3. The summed E-state index contributed by atoms with van der Waals surface area (Å²) < 4.78 is 0. The Labute approximate surface area is 119 Å². The fourth-order valence-electron chi connectivity index (χ4n) is 1.77. The van der Waals surface area contributed by atoms with E-state index < -0.39 is 5.97 Å². The average Bonchev–Trinajstić information content (AvgIpc) is 2.44. The number of carbonyl (C=O) groups is 2. The van der Waals surface area contributed by atoms with Crippen LogP contribution < -0.4 is 10.6 Å². The maximum Gasteiger partial charge on any atom is 0.314 e. The molecule has 5 nitrogen and oxygen atoms in total. The first kappa shape index (κ1) is 16.0. The van der Waals surface area contributed by atoms with Crippen LogP contribution in [0.1, 0.15) is 25.3 Å². The molecule has 0 aromatic heterocycles. The first-order chi connectivity index (χ1) is 9.58. The lowest BCUT2D eigenvalue weighted by molar-refractivity contribution is -0.137. The Morgan fingerprint density at radius 3 is 2.55 bits per heavy atom. The van der Waals surface area contributed by atoms with Gasteiger partial charge in [-0.3, -0.25) is 4.79 Å². The van der Waals surface area contributed by atoms with Crippen molar-refractivity contribution in [3.63, 3.8) is 0 Å². The number of carboxylic acid groups (broad SMARTS) is 1. The Balaban J connectivity index is 2.10. The van der Waals surface area contributed by atoms with E-state index in [0.29, 0.717) is 19.5 Å². The third-order valence-corrected chi connectivity index (χ3v) is 3.00. The normalized spacial score (nSPS) is 11.7. The highest BCUT2D eigenvalue weighted by molar-refractivity contribution is 5.73. The van der Waals surface area contributed by atoms with Crippen LogP contribution in [0.2, 0.25) is 0 Å². The third-order valence-electron chi connectivity index (χ3n) is 3.00. The molecule has 0 bridgehead atoms. The minimum Gasteiger partial charge on any atom is -0.481 e. The van der Waals surface area contributed by atoms with Crippen molar-refractivity contribution in [3.8, 4) is 0 Å². The summed E-state index contributed by atoms with van der Waals surface area (Å²) in [6.45, 7) is 3.00. The van der Waals surface area contributed by atoms with Crippen LogP contribution in [0.25, 0.3) is 0 Å². The number of carbonyl (C=O) groups excluding carboxylic acids is 1. The zero-order valence-corrected chi connectivity index (χ0v) is 11.8. The highest BCUT2D eigenvalue weighted by Gasteiger charge is 2.07. The first-order valence-corrected chi connectivity index (χ1v) is 6.85. The number of aliphatic carboxylic acids is 1. The Morgan fingerprint density at radius 2 is 1.90 bits per heavy atom. The van der Waals surface area contributed by atoms with E-state index >= 15 is 0 Å². The molecule has 1 atom stereocenters. The SMILES string of the molecule is CC(CCC(=O)O)CNC(=O)NCCc1ccccc1. The van der Waals surface area contributed by atoms with Gasteiger partial charge in [-0.25, -0.2) is 4.79 Å². The van der Waals surface area contributed by atoms with Gasteiger partial charge in [0.25, 0.3) is 0 Å². The minimum atomic E-state index is -0.802. The summed E-state index contributed by atoms with van der Waals surface area (Å²) in [4.78, 5) is 22.0. The molecule has 110 valence electrons. The molecule has 0 aliphatic heterocycles. The standard InChI is InChI=1S/C15H22N2O3/c1-12(7-8-14(18)19)11-17-15(20)16-10-9-13-5-3-2-4-6-13/h2-6,12H,7-11H2,1H3,(H,18,19)(H2,16,17,20). The molecule has 1 aromatic carbocycles. The van der Waals surface area contributed by atoms with E-state index in [1.807, 2.05) is 37.3 Å². The molecule has 1 rings (SSSR count). The molecule has 1 unspecified atom stereocenters. The van der Waals surface area contributed by atoms with Crippen molar-refractivity contribution < 1.29 is 14.7 Å². The zero-order chi connectivity index (χ0) is 14.8. The van der Waals surface area contributed by atoms with Crippen LogP contribution >= 0.6 is 0 Å². The maximum absolute atomic E-state index is 11.5. The van der Waals surface area contributed by atoms with Gasteiger partial charge in [0.05, 0.1) is 0 Å². The van der Waals surface area contributed by atoms with Gasteiger partial charge < -0.3 is 15.7 Å². The molecule has 1 aromatic rings. The average molecular weight is 278 g/mol. The predicted octanol–water partition coefficient (Wildman–Crippen LogP) is 2.03. The van der Waals surface area contributed by atoms with Crippen molar-refractivity contribution in [2.24, 2.45) is 5.92 Å². The molecule has 0 radical (unpaired) electrons. The molecule has 3 N–H and O–H groups in total. The van der Waals surface area contributed by atoms with Crippen molar-refractivity contribution >= 4 is 12.0 Å². The second-order valence-corrected chi connectivity index (χ2v) is 4.91. The maximum atomic E-state index is 11.5. The van der Waals surface area contributed by atoms with Crippen LogP contribution in [0.15, 0.2) is 30.3 Å². The molecule has 0 saturated carbocycles. The molecule has 0 saturated heterocycles. The predicted molar refractivity (Wildman–Crippen MR) is 77.6 cm³/mol. The van der Waals surface area contributed by atoms with Gasteiger partial charge in [-0.2, -0.15) is 0 Å². The number of urea groups is 1. The van der Waals surface area contributed by atoms with E-state index in [0.717, 1.165) is 6.42 Å². The van der Waals surface area contributed by atoms with E-state index in [9.17, 15) is 9.59 Å². The van der Waals surface area contributed by atoms with Crippen LogP contribution in [0, 0.1) is 5.92 Å². The van der Waals surface area contributed by atoms with E-state index in [1.54, 1.807) is 0 Å². The van der Waals surface area contributed by atoms with E-state index in [2.05, 4.69) is 10.6 Å². The van der Waals surface area contributed by atoms with Gasteiger partial charge in [-0.05, 0) is 24.3 Å². The van der Waals surface area contributed by atoms with E-state index in [-0.39, 0.29) is 18.4 Å². The van der Waals surface area contributed by atoms with Crippen molar-refractivity contribution in [3.05, 3.63) is 35.9 Å². The lowest BCUT2D eigenvalue weighted by atomic mass is 10.1. The van der Waals surface area contributed by atoms with Crippen LogP contribution in [-0.2, 0) is 11.2 Å². The largest absolute Gasteiger partial charge is 0.481 e. The van der Waals surface area contributed by atoms with Crippen LogP contribution in [0.5, 0.6) is 0 Å². The van der Waals surface area contributed by atoms with E-state index in [4.69, 9.17) is 5.11 Å². The van der Waals surface area contributed by atoms with Crippen molar-refractivity contribution in [1.29, 1.82) is 0 Å². The number of amides is 2. The molecule has 0 heterocycles. The molecular weight excluding hydrogens is 256 g/mol. The second kappa shape index (κ2) is 8.96. The van der Waals surface area contributed by atoms with Crippen LogP contribution in [0.4, 0.5) is 4.79 Å². The van der Waals surface area contributed by atoms with Gasteiger partial charge in [0.2, 0.25) is 0 Å². The lowest BCUT2D eigenvalue weighted by Gasteiger charge is -2.12. The summed E-state index contributed by atoms with van der Waals surface area (Å²) in [5.41, 5.74) is 1.18. The number of hydrogen-bond donors (Lipinski definition) is 3. The summed E-state index contributed by atoms with van der Waals surface area (Å²) in [7, 11) is 0. The van der Waals surface area contributed by atoms with Gasteiger partial charge in [0.1, 0.15) is 0 Å². The van der Waals surface area contributed by atoms with Crippen LogP contribution in [0.3, 0.4) is 0 Å². The molecule has 0 fully saturated rings. The second-order valence-electron chi connectivity index (χ2n) is 4.91. The fraction of sp³-hybridized carbons (Fsp3) is 0.467. The van der Waals surface area contributed by atoms with Gasteiger partial charge in [0, 0.05) is 19.5 Å². The Hall–Kier alpha value is -2.04.